The van der Waals surface area contributed by atoms with Gasteiger partial charge in [-0.15, -0.1) is 11.3 Å². The second-order valence-electron chi connectivity index (χ2n) is 6.10. The van der Waals surface area contributed by atoms with Crippen LogP contribution in [0.15, 0.2) is 57.9 Å². The summed E-state index contributed by atoms with van der Waals surface area (Å²) >= 11 is 7.38. The lowest BCUT2D eigenvalue weighted by Gasteiger charge is -2.14. The molecule has 26 heavy (non-hydrogen) atoms. The van der Waals surface area contributed by atoms with Gasteiger partial charge in [-0.25, -0.2) is 4.98 Å². The molecule has 132 valence electrons. The molecule has 0 radical (unpaired) electrons. The maximum atomic E-state index is 12.5. The first-order chi connectivity index (χ1) is 12.6. The Morgan fingerprint density at radius 2 is 2.04 bits per heavy atom. The molecule has 0 atom stereocenters. The Bertz CT molecular complexity index is 1080. The number of furan rings is 1. The maximum absolute atomic E-state index is 12.5. The van der Waals surface area contributed by atoms with Gasteiger partial charge in [0.1, 0.15) is 16.3 Å². The Kier molecular flexibility index (Phi) is 4.63. The molecular weight excluding hydrogens is 370 g/mol. The van der Waals surface area contributed by atoms with Crippen LogP contribution in [-0.2, 0) is 13.1 Å². The van der Waals surface area contributed by atoms with Gasteiger partial charge >= 0.3 is 0 Å². The van der Waals surface area contributed by atoms with Crippen molar-refractivity contribution in [1.29, 1.82) is 0 Å². The van der Waals surface area contributed by atoms with Crippen LogP contribution in [0.2, 0.25) is 5.02 Å². The van der Waals surface area contributed by atoms with Crippen LogP contribution in [0.4, 0.5) is 0 Å². The number of hydrogen-bond acceptors (Lipinski definition) is 5. The molecule has 0 bridgehead atoms. The Morgan fingerprint density at radius 1 is 1.23 bits per heavy atom. The fourth-order valence-electron chi connectivity index (χ4n) is 2.80. The molecule has 0 saturated carbocycles. The van der Waals surface area contributed by atoms with E-state index in [-0.39, 0.29) is 5.56 Å². The zero-order valence-electron chi connectivity index (χ0n) is 14.0. The fraction of sp³-hybridized carbons (Fsp3) is 0.158. The molecule has 0 amide bonds. The van der Waals surface area contributed by atoms with Crippen molar-refractivity contribution < 1.29 is 4.42 Å². The highest BCUT2D eigenvalue weighted by Gasteiger charge is 2.12. The van der Waals surface area contributed by atoms with Crippen LogP contribution in [0, 0.1) is 0 Å². The summed E-state index contributed by atoms with van der Waals surface area (Å²) in [6.07, 6.45) is 1.65. The van der Waals surface area contributed by atoms with Gasteiger partial charge in [-0.1, -0.05) is 23.7 Å². The van der Waals surface area contributed by atoms with E-state index in [0.29, 0.717) is 34.2 Å². The highest BCUT2D eigenvalue weighted by molar-refractivity contribution is 7.22. The number of thiophene rings is 1. The van der Waals surface area contributed by atoms with E-state index in [1.54, 1.807) is 6.26 Å². The minimum Gasteiger partial charge on any atom is -0.468 e. The first-order valence-electron chi connectivity index (χ1n) is 8.08. The molecule has 0 saturated heterocycles. The number of H-pyrrole nitrogens is 1. The Hall–Kier alpha value is -2.41. The van der Waals surface area contributed by atoms with E-state index in [2.05, 4.69) is 9.97 Å². The standard InChI is InChI=1S/C19H16ClN3O2S/c1-23(10-14-3-2-8-25-14)11-17-21-15-9-16(26-18(15)19(24)22-17)12-4-6-13(20)7-5-12/h2-9H,10-11H2,1H3,(H,21,22,24). The largest absolute Gasteiger partial charge is 0.468 e. The molecule has 0 aliphatic rings. The number of fused-ring (bicyclic) bond motifs is 1. The van der Waals surface area contributed by atoms with Crippen LogP contribution in [0.3, 0.4) is 0 Å². The van der Waals surface area contributed by atoms with Crippen molar-refractivity contribution >= 4 is 33.2 Å². The average Bonchev–Trinajstić information content (AvgIpc) is 3.25. The molecule has 5 nitrogen and oxygen atoms in total. The second kappa shape index (κ2) is 7.07. The summed E-state index contributed by atoms with van der Waals surface area (Å²) in [6.45, 7) is 1.17. The highest BCUT2D eigenvalue weighted by atomic mass is 35.5. The molecular formula is C19H16ClN3O2S. The van der Waals surface area contributed by atoms with Crippen LogP contribution < -0.4 is 5.56 Å². The fourth-order valence-corrected chi connectivity index (χ4v) is 3.92. The molecule has 1 aromatic carbocycles. The number of hydrogen-bond donors (Lipinski definition) is 1. The van der Waals surface area contributed by atoms with Gasteiger partial charge in [0.25, 0.3) is 5.56 Å². The Labute approximate surface area is 158 Å². The minimum absolute atomic E-state index is 0.110. The smallest absolute Gasteiger partial charge is 0.268 e. The van der Waals surface area contributed by atoms with Gasteiger partial charge in [-0.2, -0.15) is 0 Å². The number of aromatic amines is 1. The quantitative estimate of drug-likeness (QED) is 0.548. The van der Waals surface area contributed by atoms with E-state index in [1.807, 2.05) is 54.4 Å². The molecule has 0 spiro atoms. The maximum Gasteiger partial charge on any atom is 0.268 e. The van der Waals surface area contributed by atoms with Crippen LogP contribution >= 0.6 is 22.9 Å². The zero-order valence-corrected chi connectivity index (χ0v) is 15.6. The van der Waals surface area contributed by atoms with Gasteiger partial charge in [0.15, 0.2) is 0 Å². The highest BCUT2D eigenvalue weighted by Crippen LogP contribution is 2.31. The van der Waals surface area contributed by atoms with Gasteiger partial charge in [-0.3, -0.25) is 9.69 Å². The van der Waals surface area contributed by atoms with Crippen molar-refractivity contribution in [2.24, 2.45) is 0 Å². The van der Waals surface area contributed by atoms with E-state index < -0.39 is 0 Å². The van der Waals surface area contributed by atoms with E-state index >= 15 is 0 Å². The van der Waals surface area contributed by atoms with Crippen LogP contribution in [0.25, 0.3) is 20.7 Å². The van der Waals surface area contributed by atoms with E-state index in [1.165, 1.54) is 11.3 Å². The summed E-state index contributed by atoms with van der Waals surface area (Å²) in [4.78, 5) is 23.0. The minimum atomic E-state index is -0.110. The summed E-state index contributed by atoms with van der Waals surface area (Å²) in [6, 6.07) is 13.3. The SMILES string of the molecule is CN(Cc1nc2cc(-c3ccc(Cl)cc3)sc2c(=O)[nH]1)Cc1ccco1. The number of aromatic nitrogens is 2. The van der Waals surface area contributed by atoms with Crippen molar-refractivity contribution in [2.75, 3.05) is 7.05 Å². The van der Waals surface area contributed by atoms with Gasteiger partial charge in [0, 0.05) is 9.90 Å². The summed E-state index contributed by atoms with van der Waals surface area (Å²) in [7, 11) is 1.96. The van der Waals surface area contributed by atoms with Crippen molar-refractivity contribution in [2.45, 2.75) is 13.1 Å². The first kappa shape index (κ1) is 17.0. The van der Waals surface area contributed by atoms with E-state index in [4.69, 9.17) is 16.0 Å². The van der Waals surface area contributed by atoms with E-state index in [0.717, 1.165) is 16.2 Å². The number of benzene rings is 1. The molecule has 0 unspecified atom stereocenters. The number of halogens is 1. The molecule has 4 rings (SSSR count). The summed E-state index contributed by atoms with van der Waals surface area (Å²) in [5, 5.41) is 0.688. The number of nitrogens with zero attached hydrogens (tertiary/aromatic N) is 2. The number of nitrogens with one attached hydrogen (secondary N) is 1. The third-order valence-corrected chi connectivity index (χ3v) is 5.41. The molecule has 0 aliphatic carbocycles. The Morgan fingerprint density at radius 3 is 2.77 bits per heavy atom. The lowest BCUT2D eigenvalue weighted by atomic mass is 10.2. The van der Waals surface area contributed by atoms with Gasteiger partial charge in [0.05, 0.1) is 24.9 Å². The van der Waals surface area contributed by atoms with E-state index in [9.17, 15) is 4.79 Å². The van der Waals surface area contributed by atoms with Gasteiger partial charge in [0.2, 0.25) is 0 Å². The predicted octanol–water partition coefficient (Wildman–Crippen LogP) is 4.53. The first-order valence-corrected chi connectivity index (χ1v) is 9.27. The predicted molar refractivity (Wildman–Crippen MR) is 105 cm³/mol. The molecule has 3 heterocycles. The average molecular weight is 386 g/mol. The lowest BCUT2D eigenvalue weighted by molar-refractivity contribution is 0.281. The number of rotatable bonds is 5. The molecule has 4 aromatic rings. The molecule has 0 aliphatic heterocycles. The molecule has 1 N–H and O–H groups in total. The third-order valence-electron chi connectivity index (χ3n) is 3.99. The Balaban J connectivity index is 1.61. The van der Waals surface area contributed by atoms with Crippen LogP contribution in [0.5, 0.6) is 0 Å². The third kappa shape index (κ3) is 3.58. The lowest BCUT2D eigenvalue weighted by Crippen LogP contribution is -2.21. The molecule has 0 fully saturated rings. The van der Waals surface area contributed by atoms with Crippen molar-refractivity contribution in [3.8, 4) is 10.4 Å². The van der Waals surface area contributed by atoms with Gasteiger partial charge in [-0.05, 0) is 42.9 Å². The van der Waals surface area contributed by atoms with Crippen molar-refractivity contribution in [3.63, 3.8) is 0 Å². The normalized spacial score (nSPS) is 11.5. The van der Waals surface area contributed by atoms with Crippen LogP contribution in [0.1, 0.15) is 11.6 Å². The van der Waals surface area contributed by atoms with Crippen LogP contribution in [-0.4, -0.2) is 21.9 Å². The zero-order chi connectivity index (χ0) is 18.1. The summed E-state index contributed by atoms with van der Waals surface area (Å²) < 4.78 is 5.99. The monoisotopic (exact) mass is 385 g/mol. The van der Waals surface area contributed by atoms with Crippen molar-refractivity contribution in [3.05, 3.63) is 75.7 Å². The topological polar surface area (TPSA) is 62.1 Å². The second-order valence-corrected chi connectivity index (χ2v) is 7.58. The summed E-state index contributed by atoms with van der Waals surface area (Å²) in [5.41, 5.74) is 1.62. The van der Waals surface area contributed by atoms with Crippen molar-refractivity contribution in [1.82, 2.24) is 14.9 Å². The molecule has 7 heteroatoms. The summed E-state index contributed by atoms with van der Waals surface area (Å²) in [5.74, 6) is 1.51. The molecule has 3 aromatic heterocycles. The van der Waals surface area contributed by atoms with Gasteiger partial charge < -0.3 is 9.40 Å².